The van der Waals surface area contributed by atoms with Gasteiger partial charge in [0.25, 0.3) is 6.43 Å². The molecular formula is C22H36F2N5O10P. The van der Waals surface area contributed by atoms with E-state index in [1.807, 2.05) is 0 Å². The molecule has 1 aliphatic rings. The number of aliphatic hydroxyl groups excluding tert-OH is 2. The number of anilines is 1. The minimum absolute atomic E-state index is 0.189. The number of halogens is 2. The van der Waals surface area contributed by atoms with Gasteiger partial charge < -0.3 is 34.7 Å². The second-order valence-electron chi connectivity index (χ2n) is 9.74. The molecule has 0 saturated carbocycles. The van der Waals surface area contributed by atoms with Crippen molar-refractivity contribution in [1.29, 1.82) is 0 Å². The predicted octanol–water partition coefficient (Wildman–Crippen LogP) is 0.0641. The number of alkyl halides is 2. The summed E-state index contributed by atoms with van der Waals surface area (Å²) >= 11 is 0. The Kier molecular flexibility index (Phi) is 11.3. The molecule has 228 valence electrons. The average Bonchev–Trinajstić information content (AvgIpc) is 3.08. The first-order valence-corrected chi connectivity index (χ1v) is 13.9. The summed E-state index contributed by atoms with van der Waals surface area (Å²) in [6.07, 6.45) is -9.92. The predicted molar refractivity (Wildman–Crippen MR) is 135 cm³/mol. The van der Waals surface area contributed by atoms with Crippen LogP contribution in [0.1, 0.15) is 47.8 Å². The van der Waals surface area contributed by atoms with Gasteiger partial charge >= 0.3 is 25.3 Å². The van der Waals surface area contributed by atoms with Crippen molar-refractivity contribution < 1.29 is 51.9 Å². The number of nitrogens with zero attached hydrogens (tertiary/aromatic N) is 2. The van der Waals surface area contributed by atoms with Crippen molar-refractivity contribution in [3.63, 3.8) is 0 Å². The normalized spacial score (nSPS) is 26.1. The molecule has 1 aromatic heterocycles. The largest absolute Gasteiger partial charge is 0.462 e. The average molecular weight is 600 g/mol. The van der Waals surface area contributed by atoms with Crippen LogP contribution >= 0.6 is 7.67 Å². The summed E-state index contributed by atoms with van der Waals surface area (Å²) in [6, 6.07) is -1.52. The zero-order valence-corrected chi connectivity index (χ0v) is 23.7. The van der Waals surface area contributed by atoms with Gasteiger partial charge in [-0.05, 0) is 47.6 Å². The molecule has 15 nitrogen and oxygen atoms in total. The van der Waals surface area contributed by atoms with E-state index in [4.69, 9.17) is 24.5 Å². The molecule has 2 heterocycles. The lowest BCUT2D eigenvalue weighted by Gasteiger charge is -2.33. The molecule has 1 unspecified atom stereocenters. The third-order valence-corrected chi connectivity index (χ3v) is 7.51. The maximum Gasteiger partial charge on any atom is 0.351 e. The Bertz CT molecular complexity index is 1120. The number of hydrogen-bond donors (Lipinski definition) is 5. The summed E-state index contributed by atoms with van der Waals surface area (Å²) in [5.74, 6) is -1.93. The number of nitrogens with two attached hydrogens (primary N) is 1. The summed E-state index contributed by atoms with van der Waals surface area (Å²) in [4.78, 5) is 40.3. The van der Waals surface area contributed by atoms with E-state index in [0.717, 1.165) is 12.3 Å². The Morgan fingerprint density at radius 1 is 1.12 bits per heavy atom. The standard InChI is InChI=1S/C22H36F2N5O10P/c1-10(2)37-18(32)12(5)27-40(35,28-13(6)19(33)38-11(3)4)36-9-22(20(23)24)16(31)15(30)17(39-22)29-8-7-14(25)26-21(29)34/h7-8,10-13,15-17,20,30-31H,9H2,1-6H3,(H2,25,26,34)(H2,27,28,35)/t12-,13+,15-,16-,17+,22+,40?/m1/s1. The van der Waals surface area contributed by atoms with Gasteiger partial charge in [-0.2, -0.15) is 4.98 Å². The quantitative estimate of drug-likeness (QED) is 0.150. The number of carbonyl (C=O) groups is 2. The Labute approximate surface area is 228 Å². The SMILES string of the molecule is CC(C)OC(=O)[C@H](C)NP(=O)(N[C@H](C)C(=O)OC(C)C)OC[C@]1(C(F)F)O[C@H](n2ccc(N)nc2=O)[C@H](O)[C@H]1O. The van der Waals surface area contributed by atoms with Crippen LogP contribution in [0.4, 0.5) is 14.6 Å². The lowest BCUT2D eigenvalue weighted by Crippen LogP contribution is -2.53. The first kappa shape index (κ1) is 33.7. The smallest absolute Gasteiger partial charge is 0.351 e. The van der Waals surface area contributed by atoms with Crippen LogP contribution in [0, 0.1) is 0 Å². The summed E-state index contributed by atoms with van der Waals surface area (Å²) in [6.45, 7) is 7.43. The van der Waals surface area contributed by atoms with Crippen LogP contribution in [0.2, 0.25) is 0 Å². The molecular weight excluding hydrogens is 563 g/mol. The number of nitrogen functional groups attached to an aromatic ring is 1. The van der Waals surface area contributed by atoms with Gasteiger partial charge in [-0.1, -0.05) is 0 Å². The number of aromatic nitrogens is 2. The first-order valence-electron chi connectivity index (χ1n) is 12.3. The Morgan fingerprint density at radius 2 is 1.62 bits per heavy atom. The van der Waals surface area contributed by atoms with Gasteiger partial charge in [0.15, 0.2) is 11.8 Å². The highest BCUT2D eigenvalue weighted by Crippen LogP contribution is 2.46. The number of aliphatic hydroxyl groups is 2. The van der Waals surface area contributed by atoms with Crippen LogP contribution in [0.15, 0.2) is 17.1 Å². The van der Waals surface area contributed by atoms with Crippen molar-refractivity contribution in [3.05, 3.63) is 22.7 Å². The number of rotatable bonds is 13. The van der Waals surface area contributed by atoms with Crippen molar-refractivity contribution in [2.75, 3.05) is 12.3 Å². The molecule has 0 spiro atoms. The first-order chi connectivity index (χ1) is 18.4. The van der Waals surface area contributed by atoms with E-state index in [0.29, 0.717) is 4.57 Å². The second kappa shape index (κ2) is 13.4. The van der Waals surface area contributed by atoms with Gasteiger partial charge in [-0.3, -0.25) is 18.7 Å². The van der Waals surface area contributed by atoms with Crippen LogP contribution in [-0.2, 0) is 32.9 Å². The second-order valence-corrected chi connectivity index (χ2v) is 11.6. The molecule has 0 bridgehead atoms. The Hall–Kier alpha value is -2.53. The number of hydrogen-bond acceptors (Lipinski definition) is 12. The highest BCUT2D eigenvalue weighted by molar-refractivity contribution is 7.54. The van der Waals surface area contributed by atoms with E-state index in [2.05, 4.69) is 15.2 Å². The highest BCUT2D eigenvalue weighted by Gasteiger charge is 2.61. The van der Waals surface area contributed by atoms with Gasteiger partial charge in [-0.25, -0.2) is 23.7 Å². The Balaban J connectivity index is 2.38. The molecule has 18 heteroatoms. The highest BCUT2D eigenvalue weighted by atomic mass is 31.2. The summed E-state index contributed by atoms with van der Waals surface area (Å²) in [7, 11) is -4.62. The zero-order valence-electron chi connectivity index (χ0n) is 22.8. The van der Waals surface area contributed by atoms with Crippen LogP contribution in [0.25, 0.3) is 0 Å². The van der Waals surface area contributed by atoms with Crippen LogP contribution in [0.3, 0.4) is 0 Å². The lowest BCUT2D eigenvalue weighted by molar-refractivity contribution is -0.192. The van der Waals surface area contributed by atoms with Crippen molar-refractivity contribution in [3.8, 4) is 0 Å². The molecule has 6 N–H and O–H groups in total. The van der Waals surface area contributed by atoms with Crippen molar-refractivity contribution in [2.24, 2.45) is 0 Å². The molecule has 0 aromatic carbocycles. The van der Waals surface area contributed by atoms with Crippen molar-refractivity contribution in [2.45, 2.75) is 96.3 Å². The fourth-order valence-electron chi connectivity index (χ4n) is 3.60. The summed E-state index contributed by atoms with van der Waals surface area (Å²) in [5, 5.41) is 25.8. The van der Waals surface area contributed by atoms with Crippen molar-refractivity contribution in [1.82, 2.24) is 19.7 Å². The molecule has 1 fully saturated rings. The molecule has 7 atom stereocenters. The van der Waals surface area contributed by atoms with Crippen molar-refractivity contribution >= 4 is 25.4 Å². The lowest BCUT2D eigenvalue weighted by atomic mass is 9.96. The molecule has 0 radical (unpaired) electrons. The third kappa shape index (κ3) is 8.02. The fraction of sp³-hybridized carbons (Fsp3) is 0.727. The van der Waals surface area contributed by atoms with Gasteiger partial charge in [-0.15, -0.1) is 0 Å². The van der Waals surface area contributed by atoms with Gasteiger partial charge in [0, 0.05) is 6.20 Å². The third-order valence-electron chi connectivity index (χ3n) is 5.56. The molecule has 2 rings (SSSR count). The molecule has 40 heavy (non-hydrogen) atoms. The maximum absolute atomic E-state index is 14.4. The number of esters is 2. The van der Waals surface area contributed by atoms with Gasteiger partial charge in [0.2, 0.25) is 0 Å². The fourth-order valence-corrected chi connectivity index (χ4v) is 5.44. The van der Waals surface area contributed by atoms with E-state index in [1.165, 1.54) is 13.8 Å². The van der Waals surface area contributed by atoms with E-state index >= 15 is 0 Å². The van der Waals surface area contributed by atoms with Crippen LogP contribution in [0.5, 0.6) is 0 Å². The maximum atomic E-state index is 14.4. The minimum atomic E-state index is -4.62. The monoisotopic (exact) mass is 599 g/mol. The zero-order chi connectivity index (χ0) is 30.6. The summed E-state index contributed by atoms with van der Waals surface area (Å²) < 4.78 is 64.0. The Morgan fingerprint density at radius 3 is 2.05 bits per heavy atom. The minimum Gasteiger partial charge on any atom is -0.462 e. The van der Waals surface area contributed by atoms with E-state index in [-0.39, 0.29) is 5.82 Å². The molecule has 0 aliphatic carbocycles. The summed E-state index contributed by atoms with van der Waals surface area (Å²) in [5.41, 5.74) is 1.35. The van der Waals surface area contributed by atoms with E-state index in [9.17, 15) is 37.9 Å². The topological polar surface area (TPSA) is 214 Å². The van der Waals surface area contributed by atoms with Gasteiger partial charge in [0.05, 0.1) is 18.8 Å². The molecule has 1 aliphatic heterocycles. The molecule has 1 aromatic rings. The van der Waals surface area contributed by atoms with E-state index in [1.54, 1.807) is 27.7 Å². The van der Waals surface area contributed by atoms with Gasteiger partial charge in [0.1, 0.15) is 30.1 Å². The van der Waals surface area contributed by atoms with E-state index < -0.39 is 86.7 Å². The van der Waals surface area contributed by atoms with Crippen LogP contribution in [-0.4, -0.2) is 86.8 Å². The number of nitrogens with one attached hydrogen (secondary N) is 2. The number of carbonyl (C=O) groups excluding carboxylic acids is 2. The van der Waals surface area contributed by atoms with Crippen LogP contribution < -0.4 is 21.6 Å². The number of ether oxygens (including phenoxy) is 3. The molecule has 0 amide bonds. The molecule has 1 saturated heterocycles.